The van der Waals surface area contributed by atoms with Crippen molar-refractivity contribution in [3.05, 3.63) is 81.9 Å². The Morgan fingerprint density at radius 3 is 2.72 bits per heavy atom. The number of halogens is 1. The van der Waals surface area contributed by atoms with Gasteiger partial charge in [0.05, 0.1) is 16.8 Å². The molecule has 0 bridgehead atoms. The number of carboxylic acids is 1. The molecule has 0 spiro atoms. The van der Waals surface area contributed by atoms with E-state index in [2.05, 4.69) is 10.5 Å². The van der Waals surface area contributed by atoms with Crippen LogP contribution in [0.25, 0.3) is 21.4 Å². The van der Waals surface area contributed by atoms with E-state index in [-0.39, 0.29) is 5.56 Å². The summed E-state index contributed by atoms with van der Waals surface area (Å²) in [5.74, 6) is -0.520. The number of amides is 1. The molecular formula is C21H13ClN2O4S. The molecule has 0 saturated carbocycles. The number of rotatable bonds is 5. The van der Waals surface area contributed by atoms with Crippen LogP contribution in [-0.4, -0.2) is 23.2 Å². The number of thiophene rings is 1. The number of nitrogens with zero attached hydrogens (tertiary/aromatic N) is 1. The third kappa shape index (κ3) is 3.91. The molecule has 0 aliphatic heterocycles. The summed E-state index contributed by atoms with van der Waals surface area (Å²) >= 11 is 7.59. The van der Waals surface area contributed by atoms with Crippen molar-refractivity contribution in [1.82, 2.24) is 5.43 Å². The fourth-order valence-electron chi connectivity index (χ4n) is 2.75. The number of carbonyl (C=O) groups excluding carboxylic acids is 1. The Labute approximate surface area is 174 Å². The summed E-state index contributed by atoms with van der Waals surface area (Å²) in [5.41, 5.74) is 3.24. The number of fused-ring (bicyclic) bond motifs is 1. The third-order valence-electron chi connectivity index (χ3n) is 4.12. The van der Waals surface area contributed by atoms with Gasteiger partial charge >= 0.3 is 5.97 Å². The highest BCUT2D eigenvalue weighted by molar-refractivity contribution is 7.21. The summed E-state index contributed by atoms with van der Waals surface area (Å²) in [6.07, 6.45) is 1.36. The van der Waals surface area contributed by atoms with Gasteiger partial charge in [0, 0.05) is 15.6 Å². The van der Waals surface area contributed by atoms with Crippen LogP contribution in [0, 0.1) is 0 Å². The average molecular weight is 425 g/mol. The fourth-order valence-corrected chi connectivity index (χ4v) is 4.16. The Morgan fingerprint density at radius 2 is 1.93 bits per heavy atom. The number of furan rings is 1. The smallest absolute Gasteiger partial charge is 0.335 e. The molecule has 4 aromatic rings. The number of hydrogen-bond donors (Lipinski definition) is 2. The van der Waals surface area contributed by atoms with Crippen LogP contribution in [0.4, 0.5) is 0 Å². The van der Waals surface area contributed by atoms with Gasteiger partial charge in [-0.2, -0.15) is 5.10 Å². The second-order valence-electron chi connectivity index (χ2n) is 6.03. The van der Waals surface area contributed by atoms with Crippen LogP contribution >= 0.6 is 22.9 Å². The van der Waals surface area contributed by atoms with Crippen LogP contribution < -0.4 is 5.43 Å². The Bertz CT molecular complexity index is 1260. The van der Waals surface area contributed by atoms with Gasteiger partial charge in [-0.1, -0.05) is 41.9 Å². The Balaban J connectivity index is 1.47. The second kappa shape index (κ2) is 7.90. The summed E-state index contributed by atoms with van der Waals surface area (Å²) in [4.78, 5) is 23.8. The summed E-state index contributed by atoms with van der Waals surface area (Å²) in [6, 6.07) is 17.3. The molecule has 2 N–H and O–H groups in total. The van der Waals surface area contributed by atoms with E-state index in [0.717, 1.165) is 10.1 Å². The third-order valence-corrected chi connectivity index (χ3v) is 5.79. The summed E-state index contributed by atoms with van der Waals surface area (Å²) in [6.45, 7) is 0. The van der Waals surface area contributed by atoms with Gasteiger partial charge in [-0.3, -0.25) is 4.79 Å². The normalized spacial score (nSPS) is 11.2. The van der Waals surface area contributed by atoms with Crippen molar-refractivity contribution in [2.24, 2.45) is 5.10 Å². The first-order valence-corrected chi connectivity index (χ1v) is 9.66. The quantitative estimate of drug-likeness (QED) is 0.337. The fraction of sp³-hybridized carbons (Fsp3) is 0. The molecule has 0 fully saturated rings. The van der Waals surface area contributed by atoms with E-state index in [1.807, 2.05) is 24.3 Å². The molecule has 2 aromatic carbocycles. The van der Waals surface area contributed by atoms with E-state index in [4.69, 9.17) is 21.1 Å². The molecule has 8 heteroatoms. The van der Waals surface area contributed by atoms with E-state index in [1.54, 1.807) is 24.3 Å². The van der Waals surface area contributed by atoms with Crippen molar-refractivity contribution in [2.75, 3.05) is 0 Å². The van der Waals surface area contributed by atoms with Crippen LogP contribution in [-0.2, 0) is 0 Å². The van der Waals surface area contributed by atoms with Crippen molar-refractivity contribution < 1.29 is 19.1 Å². The van der Waals surface area contributed by atoms with Crippen molar-refractivity contribution in [2.45, 2.75) is 0 Å². The van der Waals surface area contributed by atoms with Crippen LogP contribution in [0.3, 0.4) is 0 Å². The molecule has 2 heterocycles. The van der Waals surface area contributed by atoms with E-state index < -0.39 is 11.9 Å². The van der Waals surface area contributed by atoms with Crippen molar-refractivity contribution in [3.63, 3.8) is 0 Å². The summed E-state index contributed by atoms with van der Waals surface area (Å²) in [7, 11) is 0. The molecule has 0 atom stereocenters. The van der Waals surface area contributed by atoms with Gasteiger partial charge in [0.15, 0.2) is 0 Å². The lowest BCUT2D eigenvalue weighted by Crippen LogP contribution is -2.16. The average Bonchev–Trinajstić information content (AvgIpc) is 3.33. The monoisotopic (exact) mass is 424 g/mol. The summed E-state index contributed by atoms with van der Waals surface area (Å²) in [5, 5.41) is 14.2. The molecule has 29 heavy (non-hydrogen) atoms. The minimum atomic E-state index is -1.01. The molecule has 4 rings (SSSR count). The zero-order valence-corrected chi connectivity index (χ0v) is 16.3. The SMILES string of the molecule is O=C(O)c1cccc(-c2ccc(/C=N\NC(=O)c3sc4ccccc4c3Cl)o2)c1. The number of aromatic carboxylic acids is 1. The maximum atomic E-state index is 12.4. The zero-order valence-electron chi connectivity index (χ0n) is 14.8. The summed E-state index contributed by atoms with van der Waals surface area (Å²) < 4.78 is 6.57. The van der Waals surface area contributed by atoms with Crippen molar-refractivity contribution >= 4 is 51.1 Å². The Morgan fingerprint density at radius 1 is 1.10 bits per heavy atom. The predicted molar refractivity (Wildman–Crippen MR) is 113 cm³/mol. The minimum Gasteiger partial charge on any atom is -0.478 e. The Hall–Kier alpha value is -3.42. The van der Waals surface area contributed by atoms with Gasteiger partial charge in [-0.15, -0.1) is 11.3 Å². The molecule has 0 aliphatic rings. The van der Waals surface area contributed by atoms with Crippen molar-refractivity contribution in [1.29, 1.82) is 0 Å². The lowest BCUT2D eigenvalue weighted by molar-refractivity contribution is 0.0696. The highest BCUT2D eigenvalue weighted by Gasteiger charge is 2.16. The number of benzene rings is 2. The van der Waals surface area contributed by atoms with Crippen molar-refractivity contribution in [3.8, 4) is 11.3 Å². The molecule has 144 valence electrons. The predicted octanol–water partition coefficient (Wildman–Crippen LogP) is 5.28. The molecule has 2 aromatic heterocycles. The molecule has 1 amide bonds. The van der Waals surface area contributed by atoms with E-state index in [0.29, 0.717) is 27.0 Å². The topological polar surface area (TPSA) is 91.9 Å². The molecule has 0 radical (unpaired) electrons. The first-order chi connectivity index (χ1) is 14.0. The van der Waals surface area contributed by atoms with Gasteiger partial charge < -0.3 is 9.52 Å². The van der Waals surface area contributed by atoms with Gasteiger partial charge in [-0.05, 0) is 30.3 Å². The number of hydrogen-bond acceptors (Lipinski definition) is 5. The standard InChI is InChI=1S/C21H13ClN2O4S/c22-18-15-6-1-2-7-17(15)29-19(18)20(25)24-23-11-14-8-9-16(28-14)12-4-3-5-13(10-12)21(26)27/h1-11H,(H,24,25)(H,26,27)/b23-11-. The van der Waals surface area contributed by atoms with Crippen LogP contribution in [0.1, 0.15) is 25.8 Å². The van der Waals surface area contributed by atoms with E-state index >= 15 is 0 Å². The molecule has 6 nitrogen and oxygen atoms in total. The van der Waals surface area contributed by atoms with Gasteiger partial charge in [0.2, 0.25) is 0 Å². The lowest BCUT2D eigenvalue weighted by atomic mass is 10.1. The number of carboxylic acid groups (broad SMARTS) is 1. The number of nitrogens with one attached hydrogen (secondary N) is 1. The molecular weight excluding hydrogens is 412 g/mol. The zero-order chi connectivity index (χ0) is 20.4. The lowest BCUT2D eigenvalue weighted by Gasteiger charge is -1.99. The first-order valence-electron chi connectivity index (χ1n) is 8.47. The first kappa shape index (κ1) is 18.9. The van der Waals surface area contributed by atoms with Gasteiger partial charge in [0.25, 0.3) is 5.91 Å². The second-order valence-corrected chi connectivity index (χ2v) is 7.46. The van der Waals surface area contributed by atoms with E-state index in [1.165, 1.54) is 29.7 Å². The molecule has 0 aliphatic carbocycles. The van der Waals surface area contributed by atoms with Gasteiger partial charge in [-0.25, -0.2) is 10.2 Å². The number of carbonyl (C=O) groups is 2. The highest BCUT2D eigenvalue weighted by Crippen LogP contribution is 2.34. The molecule has 0 unspecified atom stereocenters. The Kier molecular flexibility index (Phi) is 5.16. The van der Waals surface area contributed by atoms with Crippen LogP contribution in [0.15, 0.2) is 70.2 Å². The minimum absolute atomic E-state index is 0.168. The van der Waals surface area contributed by atoms with Crippen LogP contribution in [0.5, 0.6) is 0 Å². The maximum absolute atomic E-state index is 12.4. The highest BCUT2D eigenvalue weighted by atomic mass is 35.5. The van der Waals surface area contributed by atoms with E-state index in [9.17, 15) is 9.59 Å². The maximum Gasteiger partial charge on any atom is 0.335 e. The van der Waals surface area contributed by atoms with Crippen LogP contribution in [0.2, 0.25) is 5.02 Å². The molecule has 0 saturated heterocycles. The van der Waals surface area contributed by atoms with Gasteiger partial charge in [0.1, 0.15) is 16.4 Å². The largest absolute Gasteiger partial charge is 0.478 e. The number of hydrazone groups is 1.